The van der Waals surface area contributed by atoms with Crippen LogP contribution in [0.4, 0.5) is 0 Å². The average molecular weight is 489 g/mol. The number of likely N-dealkylation sites (N-methyl/N-ethyl adjacent to an activating group) is 1. The van der Waals surface area contributed by atoms with Crippen molar-refractivity contribution in [2.24, 2.45) is 34.0 Å². The van der Waals surface area contributed by atoms with E-state index in [2.05, 4.69) is 32.3 Å². The van der Waals surface area contributed by atoms with Crippen molar-refractivity contribution >= 4 is 17.7 Å². The van der Waals surface area contributed by atoms with Gasteiger partial charge < -0.3 is 19.6 Å². The lowest BCUT2D eigenvalue weighted by molar-refractivity contribution is -0.207. The van der Waals surface area contributed by atoms with Crippen molar-refractivity contribution in [1.82, 2.24) is 9.80 Å². The SMILES string of the molecule is C=C[C@]1(C)C[C@@H](OC(=O)CC(=O)N2CCN(C)CC2)[C@]2(C)C(C)CC[C@]3(CCC(=O)C32)[C@@H](C)[C@@H]1O. The van der Waals surface area contributed by atoms with Crippen LogP contribution >= 0.6 is 0 Å². The lowest BCUT2D eigenvalue weighted by atomic mass is 9.44. The monoisotopic (exact) mass is 488 g/mol. The normalized spacial score (nSPS) is 44.2. The molecule has 196 valence electrons. The van der Waals surface area contributed by atoms with Crippen LogP contribution in [0.2, 0.25) is 0 Å². The predicted molar refractivity (Wildman–Crippen MR) is 133 cm³/mol. The molecule has 1 saturated heterocycles. The molecule has 0 radical (unpaired) electrons. The van der Waals surface area contributed by atoms with E-state index in [-0.39, 0.29) is 41.3 Å². The van der Waals surface area contributed by atoms with E-state index in [1.807, 2.05) is 14.0 Å². The third-order valence-electron chi connectivity index (χ3n) is 10.7. The summed E-state index contributed by atoms with van der Waals surface area (Å²) in [5, 5.41) is 11.6. The number of amides is 1. The number of ketones is 1. The first-order chi connectivity index (χ1) is 16.4. The second-order valence-electron chi connectivity index (χ2n) is 12.4. The van der Waals surface area contributed by atoms with Gasteiger partial charge in [-0.05, 0) is 50.0 Å². The number of ether oxygens (including phenoxy) is 1. The first-order valence-electron chi connectivity index (χ1n) is 13.4. The molecule has 4 rings (SSSR count). The standard InChI is InChI=1S/C28H44N2O5/c1-7-26(4)17-21(35-23(33)16-22(32)30-14-12-29(6)13-15-30)27(5)18(2)8-10-28(19(3)25(26)34)11-9-20(31)24(27)28/h7,18-19,21,24-25,34H,1,8-17H2,2-6H3/t18?,19-,21+,24?,25-,26+,27-,28-/m0/s1. The number of Topliss-reactive ketones (excluding diaryl/α,β-unsaturated/α-hetero) is 1. The molecule has 1 amide bonds. The van der Waals surface area contributed by atoms with Crippen LogP contribution in [0, 0.1) is 34.0 Å². The van der Waals surface area contributed by atoms with Gasteiger partial charge in [0.05, 0.1) is 6.10 Å². The topological polar surface area (TPSA) is 87.2 Å². The molecule has 0 aromatic heterocycles. The van der Waals surface area contributed by atoms with Crippen molar-refractivity contribution in [2.45, 2.75) is 78.4 Å². The van der Waals surface area contributed by atoms with Crippen molar-refractivity contribution in [2.75, 3.05) is 33.2 Å². The molecule has 1 heterocycles. The Hall–Kier alpha value is -1.73. The Balaban J connectivity index is 1.65. The zero-order chi connectivity index (χ0) is 25.8. The summed E-state index contributed by atoms with van der Waals surface area (Å²) in [7, 11) is 2.02. The summed E-state index contributed by atoms with van der Waals surface area (Å²) in [5.74, 6) is -0.668. The molecule has 3 aliphatic carbocycles. The minimum atomic E-state index is -0.695. The van der Waals surface area contributed by atoms with E-state index in [9.17, 15) is 19.5 Å². The van der Waals surface area contributed by atoms with Crippen LogP contribution in [-0.2, 0) is 19.1 Å². The molecule has 1 aliphatic heterocycles. The molecular formula is C28H44N2O5. The number of carbonyl (C=O) groups is 3. The highest BCUT2D eigenvalue weighted by molar-refractivity contribution is 5.94. The van der Waals surface area contributed by atoms with Gasteiger partial charge in [0.2, 0.25) is 5.91 Å². The van der Waals surface area contributed by atoms with Crippen LogP contribution in [-0.4, -0.2) is 78.0 Å². The minimum Gasteiger partial charge on any atom is -0.461 e. The second-order valence-corrected chi connectivity index (χ2v) is 12.4. The summed E-state index contributed by atoms with van der Waals surface area (Å²) in [4.78, 5) is 43.4. The average Bonchev–Trinajstić information content (AvgIpc) is 3.18. The zero-order valence-electron chi connectivity index (χ0n) is 22.2. The molecule has 4 aliphatic rings. The molecule has 35 heavy (non-hydrogen) atoms. The number of carbonyl (C=O) groups excluding carboxylic acids is 3. The van der Waals surface area contributed by atoms with E-state index in [0.717, 1.165) is 32.4 Å². The van der Waals surface area contributed by atoms with Gasteiger partial charge in [0.1, 0.15) is 18.3 Å². The lowest BCUT2D eigenvalue weighted by Crippen LogP contribution is -2.63. The quantitative estimate of drug-likeness (QED) is 0.372. The molecule has 7 nitrogen and oxygen atoms in total. The molecule has 7 heteroatoms. The highest BCUT2D eigenvalue weighted by Gasteiger charge is 2.68. The van der Waals surface area contributed by atoms with Gasteiger partial charge in [-0.3, -0.25) is 14.4 Å². The fraction of sp³-hybridized carbons (Fsp3) is 0.821. The van der Waals surface area contributed by atoms with Gasteiger partial charge >= 0.3 is 5.97 Å². The van der Waals surface area contributed by atoms with Crippen molar-refractivity contribution in [3.8, 4) is 0 Å². The molecule has 1 N–H and O–H groups in total. The Morgan fingerprint density at radius 2 is 1.83 bits per heavy atom. The van der Waals surface area contributed by atoms with Crippen LogP contribution in [0.5, 0.6) is 0 Å². The molecule has 3 saturated carbocycles. The van der Waals surface area contributed by atoms with Crippen molar-refractivity contribution in [3.05, 3.63) is 12.7 Å². The van der Waals surface area contributed by atoms with Crippen LogP contribution < -0.4 is 0 Å². The van der Waals surface area contributed by atoms with Crippen molar-refractivity contribution in [1.29, 1.82) is 0 Å². The van der Waals surface area contributed by atoms with E-state index >= 15 is 0 Å². The largest absolute Gasteiger partial charge is 0.461 e. The lowest BCUT2D eigenvalue weighted by Gasteiger charge is -2.61. The number of hydrogen-bond donors (Lipinski definition) is 1. The van der Waals surface area contributed by atoms with Gasteiger partial charge in [0.15, 0.2) is 0 Å². The second kappa shape index (κ2) is 9.29. The van der Waals surface area contributed by atoms with E-state index in [0.29, 0.717) is 25.9 Å². The fourth-order valence-electron chi connectivity index (χ4n) is 7.99. The van der Waals surface area contributed by atoms with Crippen LogP contribution in [0.15, 0.2) is 12.7 Å². The highest BCUT2D eigenvalue weighted by Crippen LogP contribution is 2.68. The van der Waals surface area contributed by atoms with Gasteiger partial charge in [0, 0.05) is 49.3 Å². The summed E-state index contributed by atoms with van der Waals surface area (Å²) >= 11 is 0. The number of piperazine rings is 1. The number of aliphatic hydroxyl groups excluding tert-OH is 1. The number of esters is 1. The third-order valence-corrected chi connectivity index (χ3v) is 10.7. The minimum absolute atomic E-state index is 0.0655. The van der Waals surface area contributed by atoms with Gasteiger partial charge in [-0.15, -0.1) is 6.58 Å². The summed E-state index contributed by atoms with van der Waals surface area (Å²) in [6.45, 7) is 15.2. The predicted octanol–water partition coefficient (Wildman–Crippen LogP) is 3.06. The maximum Gasteiger partial charge on any atom is 0.315 e. The third kappa shape index (κ3) is 4.16. The Morgan fingerprint density at radius 1 is 1.17 bits per heavy atom. The van der Waals surface area contributed by atoms with Gasteiger partial charge in [-0.2, -0.15) is 0 Å². The van der Waals surface area contributed by atoms with E-state index in [1.54, 1.807) is 11.0 Å². The van der Waals surface area contributed by atoms with E-state index in [4.69, 9.17) is 4.74 Å². The zero-order valence-corrected chi connectivity index (χ0v) is 22.2. The van der Waals surface area contributed by atoms with E-state index < -0.39 is 29.0 Å². The molecule has 0 spiro atoms. The first-order valence-corrected chi connectivity index (χ1v) is 13.4. The Morgan fingerprint density at radius 3 is 2.46 bits per heavy atom. The van der Waals surface area contributed by atoms with Crippen LogP contribution in [0.25, 0.3) is 0 Å². The number of rotatable bonds is 4. The van der Waals surface area contributed by atoms with Gasteiger partial charge in [-0.25, -0.2) is 0 Å². The summed E-state index contributed by atoms with van der Waals surface area (Å²) in [6, 6.07) is 0. The highest BCUT2D eigenvalue weighted by atomic mass is 16.5. The molecule has 2 unspecified atom stereocenters. The number of aliphatic hydroxyl groups is 1. The maximum atomic E-state index is 13.5. The summed E-state index contributed by atoms with van der Waals surface area (Å²) in [5.41, 5.74) is -1.53. The van der Waals surface area contributed by atoms with Crippen LogP contribution in [0.3, 0.4) is 0 Å². The molecule has 8 atom stereocenters. The molecule has 0 aromatic rings. The summed E-state index contributed by atoms with van der Waals surface area (Å²) < 4.78 is 6.19. The summed E-state index contributed by atoms with van der Waals surface area (Å²) in [6.07, 6.45) is 3.72. The fourth-order valence-corrected chi connectivity index (χ4v) is 7.99. The smallest absolute Gasteiger partial charge is 0.315 e. The van der Waals surface area contributed by atoms with Crippen molar-refractivity contribution < 1.29 is 24.2 Å². The molecule has 2 bridgehead atoms. The van der Waals surface area contributed by atoms with Crippen molar-refractivity contribution in [3.63, 3.8) is 0 Å². The van der Waals surface area contributed by atoms with Crippen LogP contribution in [0.1, 0.15) is 66.2 Å². The Kier molecular flexibility index (Phi) is 6.99. The van der Waals surface area contributed by atoms with E-state index in [1.165, 1.54) is 0 Å². The molecule has 0 aromatic carbocycles. The Bertz CT molecular complexity index is 883. The first kappa shape index (κ1) is 26.3. The number of nitrogens with zero attached hydrogens (tertiary/aromatic N) is 2. The maximum absolute atomic E-state index is 13.5. The van der Waals surface area contributed by atoms with Gasteiger partial charge in [0.25, 0.3) is 0 Å². The molecule has 4 fully saturated rings. The Labute approximate surface area is 210 Å². The molecular weight excluding hydrogens is 444 g/mol. The number of hydrogen-bond acceptors (Lipinski definition) is 6. The van der Waals surface area contributed by atoms with Gasteiger partial charge in [-0.1, -0.05) is 33.8 Å².